The smallest absolute Gasteiger partial charge is 0.269 e. The molecule has 0 bridgehead atoms. The SMILES string of the molecule is CCNc1cccc(C(=O)NCCC2CCCCC2)n1. The second-order valence-electron chi connectivity index (χ2n) is 5.49. The number of hydrogen-bond acceptors (Lipinski definition) is 3. The number of amides is 1. The van der Waals surface area contributed by atoms with E-state index in [2.05, 4.69) is 15.6 Å². The molecular weight excluding hydrogens is 250 g/mol. The van der Waals surface area contributed by atoms with Gasteiger partial charge in [0, 0.05) is 13.1 Å². The molecule has 4 nitrogen and oxygen atoms in total. The summed E-state index contributed by atoms with van der Waals surface area (Å²) in [5.74, 6) is 1.48. The Morgan fingerprint density at radius 2 is 2.10 bits per heavy atom. The largest absolute Gasteiger partial charge is 0.370 e. The quantitative estimate of drug-likeness (QED) is 0.838. The molecule has 1 aromatic heterocycles. The molecule has 1 aliphatic carbocycles. The first-order chi connectivity index (χ1) is 9.79. The molecule has 1 aliphatic rings. The van der Waals surface area contributed by atoms with Crippen LogP contribution in [0.1, 0.15) is 55.9 Å². The summed E-state index contributed by atoms with van der Waals surface area (Å²) in [6.45, 7) is 3.58. The van der Waals surface area contributed by atoms with Gasteiger partial charge >= 0.3 is 0 Å². The number of carbonyl (C=O) groups excluding carboxylic acids is 1. The third-order valence-electron chi connectivity index (χ3n) is 3.90. The molecule has 20 heavy (non-hydrogen) atoms. The van der Waals surface area contributed by atoms with E-state index in [1.165, 1.54) is 32.1 Å². The van der Waals surface area contributed by atoms with Gasteiger partial charge in [0.25, 0.3) is 5.91 Å². The van der Waals surface area contributed by atoms with Crippen molar-refractivity contribution in [3.05, 3.63) is 23.9 Å². The van der Waals surface area contributed by atoms with Crippen LogP contribution >= 0.6 is 0 Å². The molecule has 0 unspecified atom stereocenters. The van der Waals surface area contributed by atoms with Gasteiger partial charge in [0.1, 0.15) is 11.5 Å². The lowest BCUT2D eigenvalue weighted by Crippen LogP contribution is -2.27. The van der Waals surface area contributed by atoms with Crippen molar-refractivity contribution in [1.82, 2.24) is 10.3 Å². The third kappa shape index (κ3) is 4.51. The number of hydrogen-bond donors (Lipinski definition) is 2. The van der Waals surface area contributed by atoms with Crippen LogP contribution < -0.4 is 10.6 Å². The number of aromatic nitrogens is 1. The second kappa shape index (κ2) is 7.88. The van der Waals surface area contributed by atoms with E-state index in [0.29, 0.717) is 5.69 Å². The van der Waals surface area contributed by atoms with Crippen LogP contribution in [0.2, 0.25) is 0 Å². The van der Waals surface area contributed by atoms with Gasteiger partial charge in [0.15, 0.2) is 0 Å². The number of carbonyl (C=O) groups is 1. The summed E-state index contributed by atoms with van der Waals surface area (Å²) in [4.78, 5) is 16.3. The molecule has 1 saturated carbocycles. The first kappa shape index (κ1) is 14.8. The van der Waals surface area contributed by atoms with Crippen LogP contribution in [0.3, 0.4) is 0 Å². The van der Waals surface area contributed by atoms with Crippen molar-refractivity contribution >= 4 is 11.7 Å². The van der Waals surface area contributed by atoms with Crippen LogP contribution in [-0.4, -0.2) is 24.0 Å². The van der Waals surface area contributed by atoms with E-state index < -0.39 is 0 Å². The molecule has 0 saturated heterocycles. The van der Waals surface area contributed by atoms with Gasteiger partial charge in [-0.3, -0.25) is 4.79 Å². The Kier molecular flexibility index (Phi) is 5.84. The lowest BCUT2D eigenvalue weighted by Gasteiger charge is -2.21. The van der Waals surface area contributed by atoms with Gasteiger partial charge in [0.05, 0.1) is 0 Å². The van der Waals surface area contributed by atoms with Crippen molar-refractivity contribution in [3.63, 3.8) is 0 Å². The van der Waals surface area contributed by atoms with E-state index in [-0.39, 0.29) is 5.91 Å². The van der Waals surface area contributed by atoms with Crippen molar-refractivity contribution in [1.29, 1.82) is 0 Å². The molecule has 1 fully saturated rings. The van der Waals surface area contributed by atoms with E-state index in [9.17, 15) is 4.79 Å². The van der Waals surface area contributed by atoms with Gasteiger partial charge in [-0.05, 0) is 31.4 Å². The summed E-state index contributed by atoms with van der Waals surface area (Å²) in [5, 5.41) is 6.11. The zero-order valence-electron chi connectivity index (χ0n) is 12.3. The summed E-state index contributed by atoms with van der Waals surface area (Å²) in [6, 6.07) is 5.50. The Hall–Kier alpha value is -1.58. The Bertz CT molecular complexity index is 427. The summed E-state index contributed by atoms with van der Waals surface area (Å²) in [7, 11) is 0. The van der Waals surface area contributed by atoms with Gasteiger partial charge in [-0.2, -0.15) is 0 Å². The summed E-state index contributed by atoms with van der Waals surface area (Å²) >= 11 is 0. The maximum Gasteiger partial charge on any atom is 0.269 e. The molecule has 4 heteroatoms. The highest BCUT2D eigenvalue weighted by Crippen LogP contribution is 2.25. The van der Waals surface area contributed by atoms with Crippen molar-refractivity contribution in [2.75, 3.05) is 18.4 Å². The van der Waals surface area contributed by atoms with Crippen molar-refractivity contribution in [3.8, 4) is 0 Å². The van der Waals surface area contributed by atoms with Crippen molar-refractivity contribution in [2.24, 2.45) is 5.92 Å². The number of rotatable bonds is 6. The molecule has 2 N–H and O–H groups in total. The summed E-state index contributed by atoms with van der Waals surface area (Å²) in [6.07, 6.45) is 7.83. The Morgan fingerprint density at radius 3 is 2.85 bits per heavy atom. The Labute approximate surface area is 121 Å². The van der Waals surface area contributed by atoms with E-state index in [4.69, 9.17) is 0 Å². The Morgan fingerprint density at radius 1 is 1.30 bits per heavy atom. The van der Waals surface area contributed by atoms with Gasteiger partial charge < -0.3 is 10.6 Å². The van der Waals surface area contributed by atoms with Crippen LogP contribution in [0.15, 0.2) is 18.2 Å². The molecule has 0 aromatic carbocycles. The average Bonchev–Trinajstić information content (AvgIpc) is 2.49. The molecule has 0 aliphatic heterocycles. The molecular formula is C16H25N3O. The lowest BCUT2D eigenvalue weighted by molar-refractivity contribution is 0.0945. The maximum atomic E-state index is 12.0. The van der Waals surface area contributed by atoms with Gasteiger partial charge in [-0.15, -0.1) is 0 Å². The maximum absolute atomic E-state index is 12.0. The highest BCUT2D eigenvalue weighted by atomic mass is 16.1. The van der Waals surface area contributed by atoms with Crippen LogP contribution in [0.5, 0.6) is 0 Å². The summed E-state index contributed by atoms with van der Waals surface area (Å²) < 4.78 is 0. The topological polar surface area (TPSA) is 54.0 Å². The average molecular weight is 275 g/mol. The first-order valence-corrected chi connectivity index (χ1v) is 7.78. The van der Waals surface area contributed by atoms with E-state index in [1.54, 1.807) is 6.07 Å². The van der Waals surface area contributed by atoms with Gasteiger partial charge in [-0.1, -0.05) is 38.2 Å². The van der Waals surface area contributed by atoms with Crippen LogP contribution in [0, 0.1) is 5.92 Å². The summed E-state index contributed by atoms with van der Waals surface area (Å²) in [5.41, 5.74) is 0.493. The highest BCUT2D eigenvalue weighted by molar-refractivity contribution is 5.92. The third-order valence-corrected chi connectivity index (χ3v) is 3.90. The highest BCUT2D eigenvalue weighted by Gasteiger charge is 2.14. The minimum absolute atomic E-state index is 0.0689. The molecule has 0 radical (unpaired) electrons. The predicted molar refractivity (Wildman–Crippen MR) is 81.9 cm³/mol. The fourth-order valence-electron chi connectivity index (χ4n) is 2.80. The molecule has 2 rings (SSSR count). The van der Waals surface area contributed by atoms with E-state index >= 15 is 0 Å². The van der Waals surface area contributed by atoms with E-state index in [1.807, 2.05) is 19.1 Å². The Balaban J connectivity index is 1.77. The monoisotopic (exact) mass is 275 g/mol. The fourth-order valence-corrected chi connectivity index (χ4v) is 2.80. The zero-order valence-corrected chi connectivity index (χ0v) is 12.3. The molecule has 0 atom stereocenters. The second-order valence-corrected chi connectivity index (χ2v) is 5.49. The fraction of sp³-hybridized carbons (Fsp3) is 0.625. The van der Waals surface area contributed by atoms with Crippen molar-refractivity contribution < 1.29 is 4.79 Å². The lowest BCUT2D eigenvalue weighted by atomic mass is 9.87. The standard InChI is InChI=1S/C16H25N3O/c1-2-17-15-10-6-9-14(19-15)16(20)18-12-11-13-7-4-3-5-8-13/h6,9-10,13H,2-5,7-8,11-12H2,1H3,(H,17,19)(H,18,20). The molecule has 1 aromatic rings. The molecule has 110 valence electrons. The minimum Gasteiger partial charge on any atom is -0.370 e. The van der Waals surface area contributed by atoms with Crippen LogP contribution in [-0.2, 0) is 0 Å². The van der Waals surface area contributed by atoms with Gasteiger partial charge in [-0.25, -0.2) is 4.98 Å². The molecule has 1 heterocycles. The van der Waals surface area contributed by atoms with E-state index in [0.717, 1.165) is 31.2 Å². The molecule has 0 spiro atoms. The number of pyridine rings is 1. The zero-order chi connectivity index (χ0) is 14.2. The van der Waals surface area contributed by atoms with Crippen molar-refractivity contribution in [2.45, 2.75) is 45.4 Å². The predicted octanol–water partition coefficient (Wildman–Crippen LogP) is 3.21. The minimum atomic E-state index is -0.0689. The normalized spacial score (nSPS) is 15.8. The molecule has 1 amide bonds. The number of anilines is 1. The number of nitrogens with one attached hydrogen (secondary N) is 2. The number of nitrogens with zero attached hydrogens (tertiary/aromatic N) is 1. The van der Waals surface area contributed by atoms with Crippen LogP contribution in [0.25, 0.3) is 0 Å². The van der Waals surface area contributed by atoms with Crippen LogP contribution in [0.4, 0.5) is 5.82 Å². The first-order valence-electron chi connectivity index (χ1n) is 7.78. The van der Waals surface area contributed by atoms with Gasteiger partial charge in [0.2, 0.25) is 0 Å².